The number of fused-ring (bicyclic) bond motifs is 4. The van der Waals surface area contributed by atoms with Gasteiger partial charge in [0.25, 0.3) is 0 Å². The maximum absolute atomic E-state index is 11.8. The molecule has 3 aromatic rings. The number of aliphatic hydroxyl groups is 1. The summed E-state index contributed by atoms with van der Waals surface area (Å²) < 4.78 is 0. The zero-order valence-electron chi connectivity index (χ0n) is 13.8. The second-order valence-corrected chi connectivity index (χ2v) is 7.63. The van der Waals surface area contributed by atoms with Crippen LogP contribution in [-0.4, -0.2) is 17.2 Å². The van der Waals surface area contributed by atoms with Gasteiger partial charge in [0.2, 0.25) is 0 Å². The van der Waals surface area contributed by atoms with Gasteiger partial charge in [0.1, 0.15) is 0 Å². The van der Waals surface area contributed by atoms with Crippen molar-refractivity contribution < 1.29 is 5.11 Å². The largest absolute Gasteiger partial charge is 0.385 e. The number of hydrogen-bond acceptors (Lipinski definition) is 2. The van der Waals surface area contributed by atoms with E-state index in [1.165, 1.54) is 40.8 Å². The molecule has 0 spiro atoms. The van der Waals surface area contributed by atoms with Crippen LogP contribution in [0, 0.1) is 0 Å². The Bertz CT molecular complexity index is 850. The zero-order chi connectivity index (χ0) is 16.1. The van der Waals surface area contributed by atoms with Gasteiger partial charge in [0.15, 0.2) is 0 Å². The molecule has 5 rings (SSSR count). The van der Waals surface area contributed by atoms with E-state index in [4.69, 9.17) is 0 Å². The predicted octanol–water partition coefficient (Wildman–Crippen LogP) is 4.49. The quantitative estimate of drug-likeness (QED) is 0.648. The molecule has 122 valence electrons. The summed E-state index contributed by atoms with van der Waals surface area (Å²) in [6, 6.07) is 20.2. The van der Waals surface area contributed by atoms with Crippen LogP contribution in [0.1, 0.15) is 37.7 Å². The first-order valence-corrected chi connectivity index (χ1v) is 9.12. The highest BCUT2D eigenvalue weighted by Crippen LogP contribution is 2.45. The molecule has 2 heterocycles. The molecule has 2 bridgehead atoms. The molecule has 2 saturated heterocycles. The van der Waals surface area contributed by atoms with E-state index in [2.05, 4.69) is 59.9 Å². The van der Waals surface area contributed by atoms with Crippen LogP contribution in [0.25, 0.3) is 21.5 Å². The van der Waals surface area contributed by atoms with Gasteiger partial charge in [0.05, 0.1) is 5.60 Å². The molecule has 0 aliphatic carbocycles. The Balaban J connectivity index is 1.80. The number of nitrogens with one attached hydrogen (secondary N) is 1. The number of piperidine rings is 2. The first kappa shape index (κ1) is 14.4. The summed E-state index contributed by atoms with van der Waals surface area (Å²) >= 11 is 0. The molecule has 2 fully saturated rings. The molecule has 2 N–H and O–H groups in total. The highest BCUT2D eigenvalue weighted by atomic mass is 16.3. The number of benzene rings is 3. The van der Waals surface area contributed by atoms with Gasteiger partial charge in [-0.15, -0.1) is 0 Å². The van der Waals surface area contributed by atoms with Crippen molar-refractivity contribution in [2.75, 3.05) is 0 Å². The van der Waals surface area contributed by atoms with Gasteiger partial charge in [-0.2, -0.15) is 0 Å². The van der Waals surface area contributed by atoms with Gasteiger partial charge < -0.3 is 10.4 Å². The highest BCUT2D eigenvalue weighted by molar-refractivity contribution is 6.03. The third-order valence-corrected chi connectivity index (χ3v) is 5.98. The topological polar surface area (TPSA) is 32.3 Å². The minimum atomic E-state index is -0.735. The third-order valence-electron chi connectivity index (χ3n) is 5.98. The fourth-order valence-electron chi connectivity index (χ4n) is 5.05. The van der Waals surface area contributed by atoms with Crippen LogP contribution in [0.5, 0.6) is 0 Å². The molecular formula is C22H23NO. The summed E-state index contributed by atoms with van der Waals surface area (Å²) in [6.07, 6.45) is 5.29. The van der Waals surface area contributed by atoms with Gasteiger partial charge in [-0.1, -0.05) is 55.0 Å². The van der Waals surface area contributed by atoms with Crippen LogP contribution < -0.4 is 5.32 Å². The first-order valence-electron chi connectivity index (χ1n) is 9.12. The fourth-order valence-corrected chi connectivity index (χ4v) is 5.05. The summed E-state index contributed by atoms with van der Waals surface area (Å²) in [5, 5.41) is 20.4. The van der Waals surface area contributed by atoms with Crippen LogP contribution in [0.4, 0.5) is 0 Å². The number of rotatable bonds is 1. The van der Waals surface area contributed by atoms with Crippen LogP contribution in [0.3, 0.4) is 0 Å². The van der Waals surface area contributed by atoms with Crippen LogP contribution in [0.15, 0.2) is 54.6 Å². The lowest BCUT2D eigenvalue weighted by molar-refractivity contribution is -0.0335. The molecule has 2 heteroatoms. The molecule has 0 aromatic heterocycles. The standard InChI is InChI=1S/C22H23NO/c24-22(13-17-8-5-9-18(14-22)23-17)21-19-10-3-1-6-15(19)12-16-7-2-4-11-20(16)21/h1-4,6-7,10-12,17-18,23-24H,5,8-9,13-14H2. The van der Waals surface area contributed by atoms with Crippen molar-refractivity contribution in [2.45, 2.75) is 49.8 Å². The molecule has 2 unspecified atom stereocenters. The monoisotopic (exact) mass is 317 g/mol. The van der Waals surface area contributed by atoms with E-state index >= 15 is 0 Å². The minimum Gasteiger partial charge on any atom is -0.385 e. The zero-order valence-corrected chi connectivity index (χ0v) is 13.8. The molecule has 3 aromatic carbocycles. The molecule has 0 radical (unpaired) electrons. The normalized spacial score (nSPS) is 29.9. The van der Waals surface area contributed by atoms with Crippen molar-refractivity contribution in [2.24, 2.45) is 0 Å². The van der Waals surface area contributed by atoms with E-state index < -0.39 is 5.60 Å². The van der Waals surface area contributed by atoms with Crippen molar-refractivity contribution in [1.82, 2.24) is 5.32 Å². The Morgan fingerprint density at radius 3 is 1.96 bits per heavy atom. The average Bonchev–Trinajstić information content (AvgIpc) is 2.59. The Labute approximate surface area is 142 Å². The molecule has 24 heavy (non-hydrogen) atoms. The maximum atomic E-state index is 11.8. The number of hydrogen-bond donors (Lipinski definition) is 2. The molecule has 2 aliphatic rings. The first-order chi connectivity index (χ1) is 11.7. The minimum absolute atomic E-state index is 0.445. The fraction of sp³-hybridized carbons (Fsp3) is 0.364. The Morgan fingerprint density at radius 1 is 0.833 bits per heavy atom. The molecule has 0 saturated carbocycles. The molecule has 2 aliphatic heterocycles. The van der Waals surface area contributed by atoms with Gasteiger partial charge in [-0.3, -0.25) is 0 Å². The van der Waals surface area contributed by atoms with Gasteiger partial charge in [-0.05, 0) is 58.9 Å². The van der Waals surface area contributed by atoms with Crippen molar-refractivity contribution in [3.63, 3.8) is 0 Å². The lowest BCUT2D eigenvalue weighted by Gasteiger charge is -2.46. The van der Waals surface area contributed by atoms with Crippen LogP contribution in [0.2, 0.25) is 0 Å². The van der Waals surface area contributed by atoms with Gasteiger partial charge in [-0.25, -0.2) is 0 Å². The van der Waals surface area contributed by atoms with E-state index in [1.54, 1.807) is 0 Å². The van der Waals surface area contributed by atoms with Gasteiger partial charge >= 0.3 is 0 Å². The van der Waals surface area contributed by atoms with Gasteiger partial charge in [0, 0.05) is 12.1 Å². The maximum Gasteiger partial charge on any atom is 0.0938 e. The Kier molecular flexibility index (Phi) is 3.19. The summed E-state index contributed by atoms with van der Waals surface area (Å²) in [4.78, 5) is 0. The van der Waals surface area contributed by atoms with E-state index in [9.17, 15) is 5.11 Å². The summed E-state index contributed by atoms with van der Waals surface area (Å²) in [5.74, 6) is 0. The Hall–Kier alpha value is -1.90. The lowest BCUT2D eigenvalue weighted by atomic mass is 9.71. The SMILES string of the molecule is OC1(c2c3ccccc3cc3ccccc23)CC2CCCC(C1)N2. The van der Waals surface area contributed by atoms with E-state index in [1.807, 2.05) is 0 Å². The van der Waals surface area contributed by atoms with Crippen LogP contribution in [-0.2, 0) is 5.60 Å². The molecule has 0 amide bonds. The lowest BCUT2D eigenvalue weighted by Crippen LogP contribution is -2.54. The van der Waals surface area contributed by atoms with Crippen LogP contribution >= 0.6 is 0 Å². The predicted molar refractivity (Wildman–Crippen MR) is 99.1 cm³/mol. The summed E-state index contributed by atoms with van der Waals surface area (Å²) in [7, 11) is 0. The molecule has 2 nitrogen and oxygen atoms in total. The molecule has 2 atom stereocenters. The van der Waals surface area contributed by atoms with Crippen molar-refractivity contribution in [1.29, 1.82) is 0 Å². The Morgan fingerprint density at radius 2 is 1.38 bits per heavy atom. The van der Waals surface area contributed by atoms with E-state index in [0.717, 1.165) is 18.4 Å². The van der Waals surface area contributed by atoms with Crippen molar-refractivity contribution >= 4 is 21.5 Å². The smallest absolute Gasteiger partial charge is 0.0938 e. The highest BCUT2D eigenvalue weighted by Gasteiger charge is 2.43. The van der Waals surface area contributed by atoms with E-state index in [0.29, 0.717) is 12.1 Å². The summed E-state index contributed by atoms with van der Waals surface area (Å²) in [6.45, 7) is 0. The second kappa shape index (κ2) is 5.30. The third kappa shape index (κ3) is 2.17. The van der Waals surface area contributed by atoms with Crippen molar-refractivity contribution in [3.05, 3.63) is 60.2 Å². The van der Waals surface area contributed by atoms with Crippen molar-refractivity contribution in [3.8, 4) is 0 Å². The van der Waals surface area contributed by atoms with E-state index in [-0.39, 0.29) is 0 Å². The second-order valence-electron chi connectivity index (χ2n) is 7.63. The molecular weight excluding hydrogens is 294 g/mol. The average molecular weight is 317 g/mol. The summed E-state index contributed by atoms with van der Waals surface area (Å²) in [5.41, 5.74) is 0.413.